The number of nitrogens with zero attached hydrogens (tertiary/aromatic N) is 1. The molecule has 0 aromatic carbocycles. The average Bonchev–Trinajstić information content (AvgIpc) is 2.61. The molecule has 2 nitrogen and oxygen atoms in total. The van der Waals surface area contributed by atoms with Gasteiger partial charge in [-0.2, -0.15) is 0 Å². The van der Waals surface area contributed by atoms with Crippen molar-refractivity contribution in [2.75, 3.05) is 19.6 Å². The molecular formula is C11H20N2S. The Bertz CT molecular complexity index is 266. The van der Waals surface area contributed by atoms with Gasteiger partial charge in [0, 0.05) is 11.4 Å². The van der Waals surface area contributed by atoms with E-state index in [1.807, 2.05) is 11.3 Å². The van der Waals surface area contributed by atoms with E-state index in [9.17, 15) is 0 Å². The van der Waals surface area contributed by atoms with Crippen LogP contribution in [0.15, 0.2) is 11.4 Å². The van der Waals surface area contributed by atoms with Crippen LogP contribution in [0, 0.1) is 6.92 Å². The van der Waals surface area contributed by atoms with E-state index in [1.54, 1.807) is 0 Å². The molecule has 0 aliphatic rings. The number of likely N-dealkylation sites (N-methyl/N-ethyl adjacent to an activating group) is 1. The quantitative estimate of drug-likeness (QED) is 0.812. The molecule has 1 atom stereocenters. The first kappa shape index (κ1) is 11.7. The number of aryl methyl sites for hydroxylation is 1. The number of hydrogen-bond acceptors (Lipinski definition) is 3. The van der Waals surface area contributed by atoms with Crippen molar-refractivity contribution in [2.24, 2.45) is 5.73 Å². The maximum atomic E-state index is 5.85. The summed E-state index contributed by atoms with van der Waals surface area (Å²) in [6, 6.07) is 2.58. The van der Waals surface area contributed by atoms with Gasteiger partial charge in [-0.3, -0.25) is 4.90 Å². The molecule has 2 N–H and O–H groups in total. The summed E-state index contributed by atoms with van der Waals surface area (Å²) >= 11 is 1.82. The lowest BCUT2D eigenvalue weighted by atomic mass is 10.1. The summed E-state index contributed by atoms with van der Waals surface area (Å²) in [7, 11) is 0. The van der Waals surface area contributed by atoms with Crippen LogP contribution in [0.1, 0.15) is 30.3 Å². The molecule has 0 amide bonds. The third-order valence-corrected chi connectivity index (χ3v) is 3.80. The lowest BCUT2D eigenvalue weighted by molar-refractivity contribution is 0.226. The Morgan fingerprint density at radius 1 is 1.43 bits per heavy atom. The van der Waals surface area contributed by atoms with Crippen molar-refractivity contribution >= 4 is 11.3 Å². The molecule has 14 heavy (non-hydrogen) atoms. The van der Waals surface area contributed by atoms with Crippen molar-refractivity contribution in [3.8, 4) is 0 Å². The Kier molecular flexibility index (Phi) is 4.58. The maximum absolute atomic E-state index is 5.85. The summed E-state index contributed by atoms with van der Waals surface area (Å²) in [4.78, 5) is 3.84. The average molecular weight is 212 g/mol. The predicted octanol–water partition coefficient (Wildman–Crippen LogP) is 2.40. The van der Waals surface area contributed by atoms with Gasteiger partial charge in [0.1, 0.15) is 0 Å². The van der Waals surface area contributed by atoms with E-state index in [4.69, 9.17) is 5.73 Å². The Balaban J connectivity index is 2.86. The van der Waals surface area contributed by atoms with Gasteiger partial charge < -0.3 is 5.73 Å². The first-order chi connectivity index (χ1) is 6.74. The minimum absolute atomic E-state index is 0.407. The van der Waals surface area contributed by atoms with E-state index >= 15 is 0 Å². The monoisotopic (exact) mass is 212 g/mol. The van der Waals surface area contributed by atoms with Gasteiger partial charge >= 0.3 is 0 Å². The van der Waals surface area contributed by atoms with Crippen LogP contribution in [-0.2, 0) is 0 Å². The molecular weight excluding hydrogens is 192 g/mol. The van der Waals surface area contributed by atoms with E-state index in [0.29, 0.717) is 12.6 Å². The molecule has 0 aliphatic carbocycles. The molecule has 0 bridgehead atoms. The summed E-state index contributed by atoms with van der Waals surface area (Å²) in [5, 5.41) is 2.15. The minimum Gasteiger partial charge on any atom is -0.329 e. The highest BCUT2D eigenvalue weighted by atomic mass is 32.1. The van der Waals surface area contributed by atoms with Crippen LogP contribution in [-0.4, -0.2) is 24.5 Å². The first-order valence-electron chi connectivity index (χ1n) is 5.22. The summed E-state index contributed by atoms with van der Waals surface area (Å²) in [5.74, 6) is 0. The van der Waals surface area contributed by atoms with Crippen LogP contribution >= 0.6 is 11.3 Å². The molecule has 0 saturated heterocycles. The van der Waals surface area contributed by atoms with Crippen LogP contribution in [0.5, 0.6) is 0 Å². The SMILES string of the molecule is CCN(CC)C(CN)c1sccc1C. The Labute approximate surface area is 90.7 Å². The van der Waals surface area contributed by atoms with Crippen molar-refractivity contribution in [3.63, 3.8) is 0 Å². The van der Waals surface area contributed by atoms with E-state index in [1.165, 1.54) is 10.4 Å². The highest BCUT2D eigenvalue weighted by Crippen LogP contribution is 2.27. The normalized spacial score (nSPS) is 13.5. The van der Waals surface area contributed by atoms with E-state index in [2.05, 4.69) is 37.1 Å². The molecule has 3 heteroatoms. The van der Waals surface area contributed by atoms with Crippen molar-refractivity contribution in [1.82, 2.24) is 4.90 Å². The minimum atomic E-state index is 0.407. The fourth-order valence-corrected chi connectivity index (χ4v) is 2.89. The molecule has 0 saturated carbocycles. The third-order valence-electron chi connectivity index (χ3n) is 2.68. The molecule has 1 unspecified atom stereocenters. The third kappa shape index (κ3) is 2.35. The molecule has 80 valence electrons. The van der Waals surface area contributed by atoms with Gasteiger partial charge in [0.15, 0.2) is 0 Å². The number of hydrogen-bond donors (Lipinski definition) is 1. The molecule has 1 aromatic heterocycles. The topological polar surface area (TPSA) is 29.3 Å². The molecule has 0 radical (unpaired) electrons. The smallest absolute Gasteiger partial charge is 0.0566 e. The van der Waals surface area contributed by atoms with Gasteiger partial charge in [0.2, 0.25) is 0 Å². The van der Waals surface area contributed by atoms with Gasteiger partial charge in [-0.1, -0.05) is 13.8 Å². The molecule has 0 aliphatic heterocycles. The fraction of sp³-hybridized carbons (Fsp3) is 0.636. The van der Waals surface area contributed by atoms with Gasteiger partial charge in [-0.15, -0.1) is 11.3 Å². The maximum Gasteiger partial charge on any atom is 0.0566 e. The van der Waals surface area contributed by atoms with Crippen molar-refractivity contribution in [2.45, 2.75) is 26.8 Å². The van der Waals surface area contributed by atoms with Crippen LogP contribution in [0.3, 0.4) is 0 Å². The van der Waals surface area contributed by atoms with Crippen LogP contribution < -0.4 is 5.73 Å². The number of rotatable bonds is 5. The van der Waals surface area contributed by atoms with Crippen molar-refractivity contribution < 1.29 is 0 Å². The Hall–Kier alpha value is -0.380. The number of nitrogens with two attached hydrogens (primary N) is 1. The highest BCUT2D eigenvalue weighted by Gasteiger charge is 2.18. The molecule has 1 rings (SSSR count). The molecule has 1 aromatic rings. The van der Waals surface area contributed by atoms with E-state index in [-0.39, 0.29) is 0 Å². The highest BCUT2D eigenvalue weighted by molar-refractivity contribution is 7.10. The van der Waals surface area contributed by atoms with E-state index < -0.39 is 0 Å². The Morgan fingerprint density at radius 2 is 2.07 bits per heavy atom. The van der Waals surface area contributed by atoms with Gasteiger partial charge in [-0.05, 0) is 37.0 Å². The molecule has 1 heterocycles. The fourth-order valence-electron chi connectivity index (χ4n) is 1.81. The zero-order valence-corrected chi connectivity index (χ0v) is 10.1. The number of thiophene rings is 1. The van der Waals surface area contributed by atoms with Gasteiger partial charge in [0.05, 0.1) is 6.04 Å². The second-order valence-corrected chi connectivity index (χ2v) is 4.39. The Morgan fingerprint density at radius 3 is 2.43 bits per heavy atom. The standard InChI is InChI=1S/C11H20N2S/c1-4-13(5-2)10(8-12)11-9(3)6-7-14-11/h6-7,10H,4-5,8,12H2,1-3H3. The zero-order chi connectivity index (χ0) is 10.6. The van der Waals surface area contributed by atoms with Crippen molar-refractivity contribution in [3.05, 3.63) is 21.9 Å². The second kappa shape index (κ2) is 5.49. The van der Waals surface area contributed by atoms with Gasteiger partial charge in [0.25, 0.3) is 0 Å². The van der Waals surface area contributed by atoms with E-state index in [0.717, 1.165) is 13.1 Å². The van der Waals surface area contributed by atoms with Crippen LogP contribution in [0.25, 0.3) is 0 Å². The van der Waals surface area contributed by atoms with Gasteiger partial charge in [-0.25, -0.2) is 0 Å². The lowest BCUT2D eigenvalue weighted by Crippen LogP contribution is -2.33. The first-order valence-corrected chi connectivity index (χ1v) is 6.10. The summed E-state index contributed by atoms with van der Waals surface area (Å²) < 4.78 is 0. The summed E-state index contributed by atoms with van der Waals surface area (Å²) in [6.45, 7) is 9.39. The largest absolute Gasteiger partial charge is 0.329 e. The molecule has 0 fully saturated rings. The summed E-state index contributed by atoms with van der Waals surface area (Å²) in [6.07, 6.45) is 0. The van der Waals surface area contributed by atoms with Crippen molar-refractivity contribution in [1.29, 1.82) is 0 Å². The second-order valence-electron chi connectivity index (χ2n) is 3.44. The zero-order valence-electron chi connectivity index (χ0n) is 9.29. The van der Waals surface area contributed by atoms with Crippen LogP contribution in [0.2, 0.25) is 0 Å². The van der Waals surface area contributed by atoms with Crippen LogP contribution in [0.4, 0.5) is 0 Å². The predicted molar refractivity (Wildman–Crippen MR) is 63.8 cm³/mol. The lowest BCUT2D eigenvalue weighted by Gasteiger charge is -2.28. The molecule has 0 spiro atoms. The summed E-state index contributed by atoms with van der Waals surface area (Å²) in [5.41, 5.74) is 7.22.